The molecule has 26 heavy (non-hydrogen) atoms. The fourth-order valence-corrected chi connectivity index (χ4v) is 2.76. The van der Waals surface area contributed by atoms with Gasteiger partial charge in [0.25, 0.3) is 5.91 Å². The molecule has 0 radical (unpaired) electrons. The molecule has 0 saturated carbocycles. The Morgan fingerprint density at radius 2 is 1.96 bits per heavy atom. The molecule has 0 saturated heterocycles. The molecule has 0 bridgehead atoms. The summed E-state index contributed by atoms with van der Waals surface area (Å²) in [7, 11) is -1.84. The van der Waals surface area contributed by atoms with E-state index in [9.17, 15) is 13.2 Å². The van der Waals surface area contributed by atoms with Gasteiger partial charge in [0.2, 0.25) is 10.0 Å². The van der Waals surface area contributed by atoms with Gasteiger partial charge in [0.05, 0.1) is 18.2 Å². The zero-order valence-corrected chi connectivity index (χ0v) is 16.0. The number of sulfonamides is 1. The van der Waals surface area contributed by atoms with Crippen molar-refractivity contribution in [2.45, 2.75) is 25.9 Å². The van der Waals surface area contributed by atoms with Crippen molar-refractivity contribution >= 4 is 21.6 Å². The summed E-state index contributed by atoms with van der Waals surface area (Å²) >= 11 is 0. The van der Waals surface area contributed by atoms with Crippen LogP contribution in [0.25, 0.3) is 0 Å². The number of nitrogens with zero attached hydrogens (tertiary/aromatic N) is 1. The SMILES string of the molecule is C[C@@H](Oc1ccc(N(C)S(C)(=O)=O)cc1)C(=O)NCCCc1ccco1. The van der Waals surface area contributed by atoms with Crippen LogP contribution in [0.3, 0.4) is 0 Å². The minimum atomic E-state index is -3.31. The zero-order valence-electron chi connectivity index (χ0n) is 15.1. The number of carbonyl (C=O) groups is 1. The van der Waals surface area contributed by atoms with Gasteiger partial charge in [-0.05, 0) is 49.7 Å². The third kappa shape index (κ3) is 5.80. The molecule has 2 aromatic rings. The summed E-state index contributed by atoms with van der Waals surface area (Å²) in [6, 6.07) is 10.3. The minimum Gasteiger partial charge on any atom is -0.481 e. The van der Waals surface area contributed by atoms with Gasteiger partial charge in [0.1, 0.15) is 11.5 Å². The van der Waals surface area contributed by atoms with Crippen LogP contribution in [0.4, 0.5) is 5.69 Å². The Morgan fingerprint density at radius 3 is 2.54 bits per heavy atom. The average molecular weight is 380 g/mol. The normalized spacial score (nSPS) is 12.4. The minimum absolute atomic E-state index is 0.207. The van der Waals surface area contributed by atoms with E-state index in [0.717, 1.165) is 24.9 Å². The van der Waals surface area contributed by atoms with Crippen molar-refractivity contribution < 1.29 is 22.4 Å². The molecule has 0 aliphatic carbocycles. The van der Waals surface area contributed by atoms with Crippen LogP contribution >= 0.6 is 0 Å². The number of carbonyl (C=O) groups excluding carboxylic acids is 1. The Hall–Kier alpha value is -2.48. The first-order valence-corrected chi connectivity index (χ1v) is 10.1. The van der Waals surface area contributed by atoms with Crippen LogP contribution in [0, 0.1) is 0 Å². The first-order chi connectivity index (χ1) is 12.3. The van der Waals surface area contributed by atoms with Crippen molar-refractivity contribution in [1.82, 2.24) is 5.32 Å². The third-order valence-electron chi connectivity index (χ3n) is 3.86. The second-order valence-electron chi connectivity index (χ2n) is 5.96. The predicted molar refractivity (Wildman–Crippen MR) is 99.8 cm³/mol. The number of hydrogen-bond donors (Lipinski definition) is 1. The lowest BCUT2D eigenvalue weighted by Crippen LogP contribution is -2.36. The predicted octanol–water partition coefficient (Wildman–Crippen LogP) is 2.19. The number of ether oxygens (including phenoxy) is 1. The molecule has 142 valence electrons. The topological polar surface area (TPSA) is 88.8 Å². The Bertz CT molecular complexity index is 801. The molecular formula is C18H24N2O5S. The summed E-state index contributed by atoms with van der Waals surface area (Å²) in [5, 5.41) is 2.82. The van der Waals surface area contributed by atoms with E-state index in [1.807, 2.05) is 12.1 Å². The van der Waals surface area contributed by atoms with Gasteiger partial charge < -0.3 is 14.5 Å². The lowest BCUT2D eigenvalue weighted by molar-refractivity contribution is -0.127. The van der Waals surface area contributed by atoms with Gasteiger partial charge in [0, 0.05) is 20.0 Å². The number of hydrogen-bond acceptors (Lipinski definition) is 5. The first kappa shape index (κ1) is 19.8. The van der Waals surface area contributed by atoms with E-state index in [2.05, 4.69) is 5.32 Å². The van der Waals surface area contributed by atoms with Crippen molar-refractivity contribution in [1.29, 1.82) is 0 Å². The van der Waals surface area contributed by atoms with Gasteiger partial charge in [-0.3, -0.25) is 9.10 Å². The number of nitrogens with one attached hydrogen (secondary N) is 1. The highest BCUT2D eigenvalue weighted by Crippen LogP contribution is 2.21. The Balaban J connectivity index is 1.79. The highest BCUT2D eigenvalue weighted by atomic mass is 32.2. The van der Waals surface area contributed by atoms with E-state index < -0.39 is 16.1 Å². The maximum atomic E-state index is 12.1. The maximum Gasteiger partial charge on any atom is 0.260 e. The standard InChI is InChI=1S/C18H24N2O5S/c1-14(18(21)19-12-4-6-16-7-5-13-24-16)25-17-10-8-15(9-11-17)20(2)26(3,22)23/h5,7-11,13-14H,4,6,12H2,1-3H3,(H,19,21)/t14-/m1/s1. The van der Waals surface area contributed by atoms with Crippen molar-refractivity contribution in [2.24, 2.45) is 0 Å². The van der Waals surface area contributed by atoms with E-state index >= 15 is 0 Å². The molecule has 0 aliphatic rings. The van der Waals surface area contributed by atoms with Gasteiger partial charge in [-0.2, -0.15) is 0 Å². The number of aryl methyl sites for hydroxylation is 1. The van der Waals surface area contributed by atoms with Gasteiger partial charge in [-0.1, -0.05) is 0 Å². The van der Waals surface area contributed by atoms with Crippen molar-refractivity contribution in [2.75, 3.05) is 24.2 Å². The largest absolute Gasteiger partial charge is 0.481 e. The maximum absolute atomic E-state index is 12.1. The van der Waals surface area contributed by atoms with Crippen molar-refractivity contribution in [3.05, 3.63) is 48.4 Å². The molecule has 0 spiro atoms. The molecule has 1 atom stereocenters. The van der Waals surface area contributed by atoms with Gasteiger partial charge in [-0.25, -0.2) is 8.42 Å². The van der Waals surface area contributed by atoms with E-state index in [1.54, 1.807) is 37.5 Å². The Labute approximate surface area is 154 Å². The van der Waals surface area contributed by atoms with E-state index in [-0.39, 0.29) is 5.91 Å². The van der Waals surface area contributed by atoms with Crippen molar-refractivity contribution in [3.8, 4) is 5.75 Å². The Morgan fingerprint density at radius 1 is 1.27 bits per heavy atom. The molecular weight excluding hydrogens is 356 g/mol. The number of anilines is 1. The van der Waals surface area contributed by atoms with Crippen LogP contribution in [-0.2, 0) is 21.2 Å². The van der Waals surface area contributed by atoms with Crippen LogP contribution in [0.2, 0.25) is 0 Å². The monoisotopic (exact) mass is 380 g/mol. The van der Waals surface area contributed by atoms with E-state index in [4.69, 9.17) is 9.15 Å². The second-order valence-corrected chi connectivity index (χ2v) is 7.97. The third-order valence-corrected chi connectivity index (χ3v) is 5.06. The average Bonchev–Trinajstić information content (AvgIpc) is 3.11. The number of furan rings is 1. The van der Waals surface area contributed by atoms with Gasteiger partial charge >= 0.3 is 0 Å². The summed E-state index contributed by atoms with van der Waals surface area (Å²) < 4.78 is 35.0. The molecule has 0 fully saturated rings. The number of rotatable bonds is 9. The van der Waals surface area contributed by atoms with Crippen LogP contribution in [0.1, 0.15) is 19.1 Å². The quantitative estimate of drug-likeness (QED) is 0.674. The molecule has 1 amide bonds. The van der Waals surface area contributed by atoms with E-state index in [0.29, 0.717) is 18.0 Å². The van der Waals surface area contributed by atoms with Crippen LogP contribution < -0.4 is 14.4 Å². The number of amides is 1. The number of benzene rings is 1. The molecule has 7 nitrogen and oxygen atoms in total. The highest BCUT2D eigenvalue weighted by Gasteiger charge is 2.15. The van der Waals surface area contributed by atoms with Crippen molar-refractivity contribution in [3.63, 3.8) is 0 Å². The molecule has 0 aliphatic heterocycles. The van der Waals surface area contributed by atoms with Gasteiger partial charge in [0.15, 0.2) is 6.10 Å². The summed E-state index contributed by atoms with van der Waals surface area (Å²) in [5.74, 6) is 1.18. The summed E-state index contributed by atoms with van der Waals surface area (Å²) in [6.45, 7) is 2.20. The molecule has 1 N–H and O–H groups in total. The molecule has 2 rings (SSSR count). The lowest BCUT2D eigenvalue weighted by atomic mass is 10.2. The molecule has 1 aromatic heterocycles. The lowest BCUT2D eigenvalue weighted by Gasteiger charge is -2.18. The molecule has 1 aromatic carbocycles. The van der Waals surface area contributed by atoms with Crippen LogP contribution in [-0.4, -0.2) is 40.3 Å². The second kappa shape index (κ2) is 8.75. The fraction of sp³-hybridized carbons (Fsp3) is 0.389. The van der Waals surface area contributed by atoms with Crippen LogP contribution in [0.15, 0.2) is 47.1 Å². The molecule has 0 unspecified atom stereocenters. The van der Waals surface area contributed by atoms with E-state index in [1.165, 1.54) is 11.4 Å². The first-order valence-electron chi connectivity index (χ1n) is 8.28. The Kier molecular flexibility index (Phi) is 6.68. The molecule has 8 heteroatoms. The van der Waals surface area contributed by atoms with Gasteiger partial charge in [-0.15, -0.1) is 0 Å². The fourth-order valence-electron chi connectivity index (χ4n) is 2.26. The smallest absolute Gasteiger partial charge is 0.260 e. The summed E-state index contributed by atoms with van der Waals surface area (Å²) in [5.41, 5.74) is 0.523. The summed E-state index contributed by atoms with van der Waals surface area (Å²) in [4.78, 5) is 12.1. The van der Waals surface area contributed by atoms with Crippen LogP contribution in [0.5, 0.6) is 5.75 Å². The zero-order chi connectivity index (χ0) is 19.2. The molecule has 1 heterocycles. The summed E-state index contributed by atoms with van der Waals surface area (Å²) in [6.07, 6.45) is 3.64. The highest BCUT2D eigenvalue weighted by molar-refractivity contribution is 7.92.